The van der Waals surface area contributed by atoms with E-state index in [4.69, 9.17) is 9.47 Å². The second kappa shape index (κ2) is 7.98. The van der Waals surface area contributed by atoms with E-state index in [1.165, 1.54) is 12.8 Å². The number of ether oxygens (including phenoxy) is 2. The van der Waals surface area contributed by atoms with Crippen LogP contribution in [0.25, 0.3) is 0 Å². The lowest BCUT2D eigenvalue weighted by Crippen LogP contribution is -2.49. The van der Waals surface area contributed by atoms with Crippen LogP contribution in [0.4, 0.5) is 4.79 Å². The highest BCUT2D eigenvalue weighted by molar-refractivity contribution is 5.69. The molecule has 6 heteroatoms. The molecule has 3 fully saturated rings. The van der Waals surface area contributed by atoms with Gasteiger partial charge in [-0.1, -0.05) is 20.8 Å². The molecule has 0 unspecified atom stereocenters. The average molecular weight is 381 g/mol. The summed E-state index contributed by atoms with van der Waals surface area (Å²) >= 11 is 0. The first-order valence-electron chi connectivity index (χ1n) is 10.6. The quantitative estimate of drug-likeness (QED) is 0.662. The summed E-state index contributed by atoms with van der Waals surface area (Å²) in [5.74, 6) is 0.644. The summed E-state index contributed by atoms with van der Waals surface area (Å²) in [5, 5.41) is 0. The van der Waals surface area contributed by atoms with Gasteiger partial charge in [-0.2, -0.15) is 0 Å². The molecule has 1 heterocycles. The molecule has 1 aliphatic heterocycles. The minimum absolute atomic E-state index is 0.0465. The molecular formula is C21H36N2O4. The standard InChI is InChI=1S/C21H36N2O4/c1-5-26-19(25)23-13-11-22(12-14-23)10-6-7-18(24)27-17-15-16-8-9-21(17,4)20(16,2)3/h16-17H,5-15H2,1-4H3/t16-,17+,21+/m0/s1. The van der Waals surface area contributed by atoms with Crippen LogP contribution in [0.1, 0.15) is 59.8 Å². The number of carbonyl (C=O) groups excluding carboxylic acids is 2. The lowest BCUT2D eigenvalue weighted by Gasteiger charge is -2.38. The fourth-order valence-corrected chi connectivity index (χ4v) is 5.34. The fraction of sp³-hybridized carbons (Fsp3) is 0.905. The minimum atomic E-state index is -0.219. The molecule has 2 aliphatic carbocycles. The number of nitrogens with zero attached hydrogens (tertiary/aromatic N) is 2. The monoisotopic (exact) mass is 380 g/mol. The van der Waals surface area contributed by atoms with Gasteiger partial charge in [0.25, 0.3) is 0 Å². The average Bonchev–Trinajstić information content (AvgIpc) is 2.96. The molecular weight excluding hydrogens is 344 g/mol. The second-order valence-corrected chi connectivity index (χ2v) is 9.22. The van der Waals surface area contributed by atoms with E-state index in [2.05, 4.69) is 25.7 Å². The van der Waals surface area contributed by atoms with E-state index in [1.54, 1.807) is 4.90 Å². The van der Waals surface area contributed by atoms with E-state index in [-0.39, 0.29) is 29.0 Å². The van der Waals surface area contributed by atoms with Crippen molar-refractivity contribution < 1.29 is 19.1 Å². The van der Waals surface area contributed by atoms with Crippen LogP contribution in [-0.4, -0.2) is 67.3 Å². The fourth-order valence-electron chi connectivity index (χ4n) is 5.34. The van der Waals surface area contributed by atoms with Crippen LogP contribution in [0.3, 0.4) is 0 Å². The third-order valence-electron chi connectivity index (χ3n) is 7.74. The van der Waals surface area contributed by atoms with Crippen molar-refractivity contribution in [2.24, 2.45) is 16.7 Å². The van der Waals surface area contributed by atoms with E-state index in [0.717, 1.165) is 32.5 Å². The number of hydrogen-bond donors (Lipinski definition) is 0. The van der Waals surface area contributed by atoms with Crippen LogP contribution in [0, 0.1) is 16.7 Å². The number of carbonyl (C=O) groups is 2. The summed E-state index contributed by atoms with van der Waals surface area (Å²) in [7, 11) is 0. The van der Waals surface area contributed by atoms with Gasteiger partial charge in [-0.05, 0) is 50.5 Å². The van der Waals surface area contributed by atoms with E-state index in [0.29, 0.717) is 32.0 Å². The first kappa shape index (κ1) is 20.4. The van der Waals surface area contributed by atoms with Crippen molar-refractivity contribution in [3.05, 3.63) is 0 Å². The Bertz CT molecular complexity index is 556. The van der Waals surface area contributed by atoms with E-state index in [1.807, 2.05) is 6.92 Å². The Labute approximate surface area is 163 Å². The van der Waals surface area contributed by atoms with Gasteiger partial charge >= 0.3 is 12.1 Å². The van der Waals surface area contributed by atoms with Gasteiger partial charge in [0, 0.05) is 38.0 Å². The second-order valence-electron chi connectivity index (χ2n) is 9.22. The smallest absolute Gasteiger partial charge is 0.409 e. The molecule has 0 aromatic carbocycles. The summed E-state index contributed by atoms with van der Waals surface area (Å²) in [6, 6.07) is 0. The Morgan fingerprint density at radius 2 is 1.81 bits per heavy atom. The van der Waals surface area contributed by atoms with Crippen LogP contribution < -0.4 is 0 Å². The molecule has 0 radical (unpaired) electrons. The molecule has 3 atom stereocenters. The Morgan fingerprint density at radius 3 is 2.37 bits per heavy atom. The molecule has 0 aromatic rings. The van der Waals surface area contributed by atoms with Gasteiger partial charge in [0.2, 0.25) is 0 Å². The molecule has 1 amide bonds. The largest absolute Gasteiger partial charge is 0.462 e. The first-order valence-corrected chi connectivity index (χ1v) is 10.6. The zero-order valence-electron chi connectivity index (χ0n) is 17.5. The summed E-state index contributed by atoms with van der Waals surface area (Å²) in [6.45, 7) is 13.2. The summed E-state index contributed by atoms with van der Waals surface area (Å²) in [6.07, 6.45) is 4.65. The van der Waals surface area contributed by atoms with E-state index in [9.17, 15) is 9.59 Å². The molecule has 2 bridgehead atoms. The number of fused-ring (bicyclic) bond motifs is 2. The van der Waals surface area contributed by atoms with Crippen molar-refractivity contribution in [3.8, 4) is 0 Å². The summed E-state index contributed by atoms with van der Waals surface area (Å²) in [5.41, 5.74) is 0.410. The topological polar surface area (TPSA) is 59.1 Å². The Balaban J connectivity index is 1.35. The van der Waals surface area contributed by atoms with Crippen molar-refractivity contribution in [1.29, 1.82) is 0 Å². The first-order chi connectivity index (χ1) is 12.8. The van der Waals surface area contributed by atoms with Crippen LogP contribution in [0.5, 0.6) is 0 Å². The number of hydrogen-bond acceptors (Lipinski definition) is 5. The lowest BCUT2D eigenvalue weighted by atomic mass is 9.70. The molecule has 2 saturated carbocycles. The van der Waals surface area contributed by atoms with Crippen molar-refractivity contribution in [1.82, 2.24) is 9.80 Å². The third kappa shape index (κ3) is 3.96. The molecule has 27 heavy (non-hydrogen) atoms. The van der Waals surface area contributed by atoms with Crippen molar-refractivity contribution in [2.75, 3.05) is 39.3 Å². The molecule has 3 aliphatic rings. The van der Waals surface area contributed by atoms with Crippen LogP contribution in [0.2, 0.25) is 0 Å². The molecule has 154 valence electrons. The highest BCUT2D eigenvalue weighted by atomic mass is 16.6. The van der Waals surface area contributed by atoms with Gasteiger partial charge in [0.1, 0.15) is 6.10 Å². The van der Waals surface area contributed by atoms with Gasteiger partial charge < -0.3 is 14.4 Å². The number of esters is 1. The maximum Gasteiger partial charge on any atom is 0.409 e. The van der Waals surface area contributed by atoms with Gasteiger partial charge in [-0.3, -0.25) is 9.69 Å². The maximum absolute atomic E-state index is 12.4. The molecule has 1 saturated heterocycles. The van der Waals surface area contributed by atoms with E-state index >= 15 is 0 Å². The Morgan fingerprint density at radius 1 is 1.11 bits per heavy atom. The van der Waals surface area contributed by atoms with Crippen molar-refractivity contribution >= 4 is 12.1 Å². The molecule has 6 nitrogen and oxygen atoms in total. The lowest BCUT2D eigenvalue weighted by molar-refractivity contribution is -0.157. The van der Waals surface area contributed by atoms with Crippen LogP contribution >= 0.6 is 0 Å². The highest BCUT2D eigenvalue weighted by Gasteiger charge is 2.62. The number of amides is 1. The third-order valence-corrected chi connectivity index (χ3v) is 7.74. The molecule has 0 N–H and O–H groups in total. The van der Waals surface area contributed by atoms with E-state index < -0.39 is 0 Å². The van der Waals surface area contributed by atoms with Gasteiger partial charge in [0.05, 0.1) is 6.61 Å². The number of piperazine rings is 1. The molecule has 0 aromatic heterocycles. The molecule has 3 rings (SSSR count). The summed E-state index contributed by atoms with van der Waals surface area (Å²) < 4.78 is 11.0. The summed E-state index contributed by atoms with van der Waals surface area (Å²) in [4.78, 5) is 28.2. The van der Waals surface area contributed by atoms with Crippen molar-refractivity contribution in [3.63, 3.8) is 0 Å². The predicted octanol–water partition coefficient (Wildman–Crippen LogP) is 3.30. The minimum Gasteiger partial charge on any atom is -0.462 e. The zero-order valence-corrected chi connectivity index (χ0v) is 17.5. The maximum atomic E-state index is 12.4. The normalized spacial score (nSPS) is 32.5. The van der Waals surface area contributed by atoms with Crippen molar-refractivity contribution in [2.45, 2.75) is 65.9 Å². The van der Waals surface area contributed by atoms with Crippen LogP contribution in [-0.2, 0) is 14.3 Å². The van der Waals surface area contributed by atoms with Gasteiger partial charge in [-0.25, -0.2) is 4.79 Å². The molecule has 0 spiro atoms. The zero-order chi connectivity index (χ0) is 19.7. The Hall–Kier alpha value is -1.30. The van der Waals surface area contributed by atoms with Gasteiger partial charge in [-0.15, -0.1) is 0 Å². The predicted molar refractivity (Wildman–Crippen MR) is 103 cm³/mol. The SMILES string of the molecule is CCOC(=O)N1CCN(CCCC(=O)O[C@@H]2C[C@@H]3CC[C@@]2(C)C3(C)C)CC1. The van der Waals surface area contributed by atoms with Gasteiger partial charge in [0.15, 0.2) is 0 Å². The highest BCUT2D eigenvalue weighted by Crippen LogP contribution is 2.66. The van der Waals surface area contributed by atoms with Crippen LogP contribution in [0.15, 0.2) is 0 Å². The Kier molecular flexibility index (Phi) is 6.04. The number of rotatable bonds is 6.